The van der Waals surface area contributed by atoms with Crippen LogP contribution in [0.1, 0.15) is 32.3 Å². The van der Waals surface area contributed by atoms with Crippen molar-refractivity contribution < 1.29 is 34.1 Å². The van der Waals surface area contributed by atoms with Gasteiger partial charge >= 0.3 is 11.9 Å². The monoisotopic (exact) mass is 401 g/mol. The number of ether oxygens (including phenoxy) is 2. The molecule has 1 rings (SSSR count). The molecule has 0 unspecified atom stereocenters. The number of rotatable bonds is 10. The van der Waals surface area contributed by atoms with Crippen LogP contribution in [-0.2, 0) is 20.9 Å². The number of carboxylic acids is 2. The van der Waals surface area contributed by atoms with E-state index >= 15 is 0 Å². The second kappa shape index (κ2) is 9.45. The zero-order chi connectivity index (χ0) is 20.8. The highest BCUT2D eigenvalue weighted by molar-refractivity contribution is 6.35. The molecule has 1 aromatic rings. The van der Waals surface area contributed by atoms with Crippen LogP contribution in [0.15, 0.2) is 18.2 Å². The van der Waals surface area contributed by atoms with Gasteiger partial charge in [0, 0.05) is 11.6 Å². The number of carbonyl (C=O) groups excluding carboxylic acids is 1. The fourth-order valence-corrected chi connectivity index (χ4v) is 2.74. The minimum absolute atomic E-state index is 0.214. The number of alkyl halides is 1. The number of aliphatic carboxylic acids is 2. The molecule has 27 heavy (non-hydrogen) atoms. The van der Waals surface area contributed by atoms with Crippen LogP contribution >= 0.6 is 11.6 Å². The van der Waals surface area contributed by atoms with Gasteiger partial charge in [0.2, 0.25) is 11.9 Å². The topological polar surface area (TPSA) is 113 Å². The van der Waals surface area contributed by atoms with Crippen LogP contribution in [-0.4, -0.2) is 58.1 Å². The Labute approximate surface area is 162 Å². The van der Waals surface area contributed by atoms with E-state index in [4.69, 9.17) is 21.1 Å². The highest BCUT2D eigenvalue weighted by Crippen LogP contribution is 2.31. The maximum atomic E-state index is 13.0. The van der Waals surface area contributed by atoms with Gasteiger partial charge in [-0.25, -0.2) is 9.59 Å². The summed E-state index contributed by atoms with van der Waals surface area (Å²) in [6.45, 7) is 3.05. The minimum atomic E-state index is -2.08. The summed E-state index contributed by atoms with van der Waals surface area (Å²) in [6.07, 6.45) is 0.429. The van der Waals surface area contributed by atoms with Crippen molar-refractivity contribution in [1.82, 2.24) is 4.90 Å². The Hall–Kier alpha value is -2.48. The first kappa shape index (κ1) is 22.6. The average molecular weight is 402 g/mol. The average Bonchev–Trinajstić information content (AvgIpc) is 2.65. The third kappa shape index (κ3) is 5.03. The molecule has 0 saturated heterocycles. The Kier molecular flexibility index (Phi) is 7.90. The maximum Gasteiger partial charge on any atom is 0.338 e. The van der Waals surface area contributed by atoms with Crippen LogP contribution in [0.3, 0.4) is 0 Å². The van der Waals surface area contributed by atoms with E-state index in [2.05, 4.69) is 0 Å². The Morgan fingerprint density at radius 2 is 1.67 bits per heavy atom. The third-order valence-corrected chi connectivity index (χ3v) is 5.08. The van der Waals surface area contributed by atoms with Crippen LogP contribution in [0.25, 0.3) is 0 Å². The predicted molar refractivity (Wildman–Crippen MR) is 98.3 cm³/mol. The number of hydrogen-bond donors (Lipinski definition) is 2. The lowest BCUT2D eigenvalue weighted by atomic mass is 9.98. The molecule has 1 amide bonds. The first-order valence-electron chi connectivity index (χ1n) is 8.31. The van der Waals surface area contributed by atoms with Gasteiger partial charge in [0.05, 0.1) is 20.8 Å². The molecule has 0 fully saturated rings. The molecule has 0 bridgehead atoms. The molecular weight excluding hydrogens is 378 g/mol. The van der Waals surface area contributed by atoms with Gasteiger partial charge in [-0.2, -0.15) is 0 Å². The van der Waals surface area contributed by atoms with E-state index in [-0.39, 0.29) is 19.4 Å². The summed E-state index contributed by atoms with van der Waals surface area (Å²) >= 11 is 6.37. The Morgan fingerprint density at radius 1 is 1.11 bits per heavy atom. The number of halogens is 1. The summed E-state index contributed by atoms with van der Waals surface area (Å²) in [4.78, 5) is 35.5. The first-order valence-corrected chi connectivity index (χ1v) is 8.69. The standard InChI is InChI=1S/C18H24ClNO7/c1-5-18(19,6-2)17(25)20(14(15(21)22)16(23)24)10-11-7-8-12(26-3)9-13(11)27-4/h7-9,14H,5-6,10H2,1-4H3,(H,21,22)(H,23,24). The van der Waals surface area contributed by atoms with Crippen LogP contribution in [0, 0.1) is 0 Å². The largest absolute Gasteiger partial charge is 0.497 e. The summed E-state index contributed by atoms with van der Waals surface area (Å²) in [5, 5.41) is 18.8. The molecule has 8 nitrogen and oxygen atoms in total. The van der Waals surface area contributed by atoms with Gasteiger partial charge < -0.3 is 24.6 Å². The van der Waals surface area contributed by atoms with Crippen LogP contribution in [0.5, 0.6) is 11.5 Å². The van der Waals surface area contributed by atoms with Crippen molar-refractivity contribution in [3.8, 4) is 11.5 Å². The molecule has 0 spiro atoms. The normalized spacial score (nSPS) is 11.2. The zero-order valence-corrected chi connectivity index (χ0v) is 16.4. The van der Waals surface area contributed by atoms with Gasteiger partial charge in [-0.3, -0.25) is 4.79 Å². The molecule has 1 aromatic carbocycles. The second-order valence-electron chi connectivity index (χ2n) is 5.86. The van der Waals surface area contributed by atoms with Crippen molar-refractivity contribution in [3.63, 3.8) is 0 Å². The fraction of sp³-hybridized carbons (Fsp3) is 0.500. The number of nitrogens with zero attached hydrogens (tertiary/aromatic N) is 1. The Bertz CT molecular complexity index is 689. The first-order chi connectivity index (χ1) is 12.6. The van der Waals surface area contributed by atoms with E-state index in [9.17, 15) is 24.6 Å². The van der Waals surface area contributed by atoms with E-state index in [1.54, 1.807) is 32.0 Å². The van der Waals surface area contributed by atoms with Crippen molar-refractivity contribution >= 4 is 29.4 Å². The number of methoxy groups -OCH3 is 2. The van der Waals surface area contributed by atoms with E-state index in [0.29, 0.717) is 17.1 Å². The Morgan fingerprint density at radius 3 is 2.07 bits per heavy atom. The second-order valence-corrected chi connectivity index (χ2v) is 6.59. The van der Waals surface area contributed by atoms with Crippen LogP contribution in [0.2, 0.25) is 0 Å². The van der Waals surface area contributed by atoms with Crippen molar-refractivity contribution in [2.24, 2.45) is 0 Å². The molecule has 0 atom stereocenters. The van der Waals surface area contributed by atoms with Gasteiger partial charge in [0.25, 0.3) is 0 Å². The van der Waals surface area contributed by atoms with E-state index in [1.165, 1.54) is 14.2 Å². The lowest BCUT2D eigenvalue weighted by Gasteiger charge is -2.34. The molecule has 0 saturated carbocycles. The van der Waals surface area contributed by atoms with Crippen molar-refractivity contribution in [2.75, 3.05) is 14.2 Å². The molecule has 0 heterocycles. The molecule has 0 aliphatic rings. The summed E-state index contributed by atoms with van der Waals surface area (Å²) in [7, 11) is 2.87. The summed E-state index contributed by atoms with van der Waals surface area (Å²) in [5.41, 5.74) is 0.422. The fourth-order valence-electron chi connectivity index (χ4n) is 2.63. The van der Waals surface area contributed by atoms with Crippen LogP contribution < -0.4 is 9.47 Å². The third-order valence-electron chi connectivity index (χ3n) is 4.38. The van der Waals surface area contributed by atoms with Crippen molar-refractivity contribution in [3.05, 3.63) is 23.8 Å². The van der Waals surface area contributed by atoms with Gasteiger partial charge in [0.1, 0.15) is 16.4 Å². The molecule has 0 radical (unpaired) electrons. The summed E-state index contributed by atoms with van der Waals surface area (Å²) in [6, 6.07) is 2.65. The molecular formula is C18H24ClNO7. The SMILES string of the molecule is CCC(Cl)(CC)C(=O)N(Cc1ccc(OC)cc1OC)C(C(=O)O)C(=O)O. The van der Waals surface area contributed by atoms with Gasteiger partial charge in [0.15, 0.2) is 0 Å². The van der Waals surface area contributed by atoms with Crippen LogP contribution in [0.4, 0.5) is 0 Å². The highest BCUT2D eigenvalue weighted by Gasteiger charge is 2.44. The smallest absolute Gasteiger partial charge is 0.338 e. The number of hydrogen-bond acceptors (Lipinski definition) is 5. The van der Waals surface area contributed by atoms with Gasteiger partial charge in [-0.15, -0.1) is 11.6 Å². The van der Waals surface area contributed by atoms with Gasteiger partial charge in [-0.05, 0) is 25.0 Å². The number of carboxylic acid groups (broad SMARTS) is 2. The van der Waals surface area contributed by atoms with E-state index in [1.807, 2.05) is 0 Å². The number of benzene rings is 1. The zero-order valence-electron chi connectivity index (χ0n) is 15.7. The lowest BCUT2D eigenvalue weighted by molar-refractivity contribution is -0.163. The molecule has 0 aliphatic carbocycles. The summed E-state index contributed by atoms with van der Waals surface area (Å²) in [5.74, 6) is -3.25. The quantitative estimate of drug-likeness (QED) is 0.457. The molecule has 9 heteroatoms. The van der Waals surface area contributed by atoms with Crippen molar-refractivity contribution in [2.45, 2.75) is 44.1 Å². The lowest BCUT2D eigenvalue weighted by Crippen LogP contribution is -2.55. The van der Waals surface area contributed by atoms with E-state index in [0.717, 1.165) is 4.90 Å². The number of amides is 1. The highest BCUT2D eigenvalue weighted by atomic mass is 35.5. The summed E-state index contributed by atoms with van der Waals surface area (Å²) < 4.78 is 10.4. The predicted octanol–water partition coefficient (Wildman–Crippen LogP) is 2.37. The molecule has 0 aliphatic heterocycles. The Balaban J connectivity index is 3.45. The molecule has 0 aromatic heterocycles. The molecule has 2 N–H and O–H groups in total. The van der Waals surface area contributed by atoms with E-state index < -0.39 is 28.8 Å². The van der Waals surface area contributed by atoms with Crippen molar-refractivity contribution in [1.29, 1.82) is 0 Å². The maximum absolute atomic E-state index is 13.0. The minimum Gasteiger partial charge on any atom is -0.497 e. The van der Waals surface area contributed by atoms with Gasteiger partial charge in [-0.1, -0.05) is 13.8 Å². The number of carbonyl (C=O) groups is 3. The molecule has 150 valence electrons.